The van der Waals surface area contributed by atoms with Crippen molar-refractivity contribution in [3.8, 4) is 18.1 Å². The lowest BCUT2D eigenvalue weighted by atomic mass is 9.52. The molecule has 160 valence electrons. The molecular formula is C23H27NO6. The van der Waals surface area contributed by atoms with Gasteiger partial charge in [0.15, 0.2) is 12.2 Å². The maximum Gasteiger partial charge on any atom is 0.343 e. The third kappa shape index (κ3) is 3.39. The second-order valence-corrected chi connectivity index (χ2v) is 8.67. The first-order chi connectivity index (χ1) is 14.4. The number of carbonyl (C=O) groups is 2. The second-order valence-electron chi connectivity index (χ2n) is 8.67. The summed E-state index contributed by atoms with van der Waals surface area (Å²) in [6, 6.07) is 5.91. The van der Waals surface area contributed by atoms with E-state index in [-0.39, 0.29) is 11.2 Å². The van der Waals surface area contributed by atoms with Gasteiger partial charge in [0.2, 0.25) is 0 Å². The SMILES string of the molecule is C#CCN1CC[C@]23CCCC[C@H]2[C@H]1Cc1ccc(OC(=O)C(O)C(O)C(=O)O)cc13. The third-order valence-corrected chi connectivity index (χ3v) is 7.23. The molecule has 1 heterocycles. The van der Waals surface area contributed by atoms with Gasteiger partial charge < -0.3 is 20.1 Å². The monoisotopic (exact) mass is 413 g/mol. The van der Waals surface area contributed by atoms with Crippen LogP contribution in [0, 0.1) is 18.3 Å². The number of piperidine rings is 1. The number of benzene rings is 1. The summed E-state index contributed by atoms with van der Waals surface area (Å²) in [6.45, 7) is 1.60. The molecule has 0 spiro atoms. The van der Waals surface area contributed by atoms with Crippen LogP contribution in [0.2, 0.25) is 0 Å². The van der Waals surface area contributed by atoms with Crippen LogP contribution < -0.4 is 4.74 Å². The van der Waals surface area contributed by atoms with E-state index in [1.54, 1.807) is 6.07 Å². The molecule has 1 saturated carbocycles. The molecule has 0 radical (unpaired) electrons. The predicted molar refractivity (Wildman–Crippen MR) is 108 cm³/mol. The molecule has 3 aliphatic rings. The fourth-order valence-electron chi connectivity index (χ4n) is 5.88. The molecule has 0 amide bonds. The van der Waals surface area contributed by atoms with Crippen LogP contribution in [0.25, 0.3) is 0 Å². The number of nitrogens with zero attached hydrogens (tertiary/aromatic N) is 1. The minimum atomic E-state index is -2.22. The average Bonchev–Trinajstić information content (AvgIpc) is 2.74. The van der Waals surface area contributed by atoms with Gasteiger partial charge in [-0.1, -0.05) is 24.8 Å². The summed E-state index contributed by atoms with van der Waals surface area (Å²) in [5.41, 5.74) is 2.46. The van der Waals surface area contributed by atoms with Gasteiger partial charge >= 0.3 is 11.9 Å². The van der Waals surface area contributed by atoms with E-state index in [1.165, 1.54) is 17.5 Å². The molecule has 30 heavy (non-hydrogen) atoms. The Hall–Kier alpha value is -2.40. The lowest BCUT2D eigenvalue weighted by Crippen LogP contribution is -2.60. The highest BCUT2D eigenvalue weighted by atomic mass is 16.6. The fraction of sp³-hybridized carbons (Fsp3) is 0.565. The molecule has 2 bridgehead atoms. The first-order valence-electron chi connectivity index (χ1n) is 10.5. The fourth-order valence-corrected chi connectivity index (χ4v) is 5.88. The van der Waals surface area contributed by atoms with Crippen molar-refractivity contribution >= 4 is 11.9 Å². The number of terminal acetylenes is 1. The zero-order valence-electron chi connectivity index (χ0n) is 16.8. The number of fused-ring (bicyclic) bond motifs is 1. The molecule has 3 N–H and O–H groups in total. The molecule has 1 aromatic carbocycles. The summed E-state index contributed by atoms with van der Waals surface area (Å²) < 4.78 is 5.24. The molecule has 5 atom stereocenters. The minimum absolute atomic E-state index is 0.0310. The van der Waals surface area contributed by atoms with Crippen molar-refractivity contribution in [2.45, 2.75) is 62.2 Å². The number of carboxylic acids is 1. The summed E-state index contributed by atoms with van der Waals surface area (Å²) in [5, 5.41) is 27.9. The Labute approximate surface area is 175 Å². The van der Waals surface area contributed by atoms with Crippen LogP contribution in [-0.4, -0.2) is 63.5 Å². The van der Waals surface area contributed by atoms with E-state index in [9.17, 15) is 19.8 Å². The van der Waals surface area contributed by atoms with Crippen molar-refractivity contribution < 1.29 is 29.6 Å². The first-order valence-corrected chi connectivity index (χ1v) is 10.5. The van der Waals surface area contributed by atoms with Crippen molar-refractivity contribution in [2.24, 2.45) is 5.92 Å². The largest absolute Gasteiger partial charge is 0.479 e. The zero-order chi connectivity index (χ0) is 21.5. The number of carbonyl (C=O) groups excluding carboxylic acids is 1. The number of ether oxygens (including phenoxy) is 1. The molecule has 7 heteroatoms. The van der Waals surface area contributed by atoms with Gasteiger partial charge in [-0.15, -0.1) is 6.42 Å². The molecule has 1 aromatic rings. The number of aliphatic hydroxyl groups is 2. The van der Waals surface area contributed by atoms with Gasteiger partial charge in [-0.3, -0.25) is 4.90 Å². The molecule has 7 nitrogen and oxygen atoms in total. The van der Waals surface area contributed by atoms with E-state index in [2.05, 4.69) is 10.8 Å². The van der Waals surface area contributed by atoms with Gasteiger partial charge in [0.05, 0.1) is 6.54 Å². The van der Waals surface area contributed by atoms with Crippen LogP contribution in [0.4, 0.5) is 0 Å². The van der Waals surface area contributed by atoms with Crippen molar-refractivity contribution in [3.05, 3.63) is 29.3 Å². The van der Waals surface area contributed by atoms with E-state index in [4.69, 9.17) is 16.3 Å². The quantitative estimate of drug-likeness (QED) is 0.377. The number of hydrogen-bond donors (Lipinski definition) is 3. The number of hydrogen-bond acceptors (Lipinski definition) is 6. The number of esters is 1. The molecular weight excluding hydrogens is 386 g/mol. The number of aliphatic carboxylic acids is 1. The van der Waals surface area contributed by atoms with Crippen LogP contribution in [0.15, 0.2) is 18.2 Å². The smallest absolute Gasteiger partial charge is 0.343 e. The number of carboxylic acid groups (broad SMARTS) is 1. The molecule has 2 fully saturated rings. The molecule has 2 aliphatic carbocycles. The van der Waals surface area contributed by atoms with E-state index in [0.29, 0.717) is 18.5 Å². The first kappa shape index (κ1) is 20.9. The van der Waals surface area contributed by atoms with Crippen molar-refractivity contribution in [1.82, 2.24) is 4.90 Å². The summed E-state index contributed by atoms with van der Waals surface area (Å²) >= 11 is 0. The number of aliphatic hydroxyl groups excluding tert-OH is 2. The summed E-state index contributed by atoms with van der Waals surface area (Å²) in [4.78, 5) is 25.3. The van der Waals surface area contributed by atoms with E-state index >= 15 is 0 Å². The van der Waals surface area contributed by atoms with Crippen molar-refractivity contribution in [3.63, 3.8) is 0 Å². The van der Waals surface area contributed by atoms with Crippen LogP contribution in [-0.2, 0) is 21.4 Å². The standard InChI is InChI=1S/C23H27NO6/c1-2-10-24-11-9-23-8-4-3-5-16(23)18(24)12-14-6-7-15(13-17(14)23)30-22(29)20(26)19(25)21(27)28/h1,6-7,13,16,18-20,25-26H,3-5,8-12H2,(H,27,28)/t16-,18+,19?,20?,23+/m0/s1. The normalized spacial score (nSPS) is 29.6. The average molecular weight is 413 g/mol. The predicted octanol–water partition coefficient (Wildman–Crippen LogP) is 1.09. The van der Waals surface area contributed by atoms with Gasteiger partial charge in [0.25, 0.3) is 0 Å². The Morgan fingerprint density at radius 3 is 2.80 bits per heavy atom. The van der Waals surface area contributed by atoms with Crippen molar-refractivity contribution in [2.75, 3.05) is 13.1 Å². The molecule has 0 aromatic heterocycles. The van der Waals surface area contributed by atoms with Crippen LogP contribution in [0.3, 0.4) is 0 Å². The van der Waals surface area contributed by atoms with Gasteiger partial charge in [-0.25, -0.2) is 9.59 Å². The van der Waals surface area contributed by atoms with E-state index < -0.39 is 24.1 Å². The Kier molecular flexibility index (Phi) is 5.58. The highest BCUT2D eigenvalue weighted by Crippen LogP contribution is 2.56. The van der Waals surface area contributed by atoms with E-state index in [0.717, 1.165) is 38.6 Å². The highest BCUT2D eigenvalue weighted by Gasteiger charge is 2.53. The lowest BCUT2D eigenvalue weighted by Gasteiger charge is -2.59. The topological polar surface area (TPSA) is 107 Å². The van der Waals surface area contributed by atoms with E-state index in [1.807, 2.05) is 12.1 Å². The van der Waals surface area contributed by atoms with Crippen molar-refractivity contribution in [1.29, 1.82) is 0 Å². The minimum Gasteiger partial charge on any atom is -0.479 e. The lowest BCUT2D eigenvalue weighted by molar-refractivity contribution is -0.164. The maximum absolute atomic E-state index is 12.1. The Morgan fingerprint density at radius 2 is 2.07 bits per heavy atom. The van der Waals surface area contributed by atoms with Crippen LogP contribution in [0.1, 0.15) is 43.2 Å². The molecule has 1 saturated heterocycles. The Morgan fingerprint density at radius 1 is 1.27 bits per heavy atom. The van der Waals surface area contributed by atoms with Crippen LogP contribution >= 0.6 is 0 Å². The molecule has 1 aliphatic heterocycles. The summed E-state index contributed by atoms with van der Waals surface area (Å²) in [7, 11) is 0. The van der Waals surface area contributed by atoms with Crippen LogP contribution in [0.5, 0.6) is 5.75 Å². The van der Waals surface area contributed by atoms with Gasteiger partial charge in [0.1, 0.15) is 5.75 Å². The second kappa shape index (κ2) is 8.03. The highest BCUT2D eigenvalue weighted by molar-refractivity contribution is 5.85. The van der Waals surface area contributed by atoms with Gasteiger partial charge in [0, 0.05) is 18.0 Å². The Balaban J connectivity index is 1.64. The number of likely N-dealkylation sites (tertiary alicyclic amines) is 1. The maximum atomic E-state index is 12.1. The third-order valence-electron chi connectivity index (χ3n) is 7.23. The summed E-state index contributed by atoms with van der Waals surface area (Å²) in [6.07, 6.45) is 7.74. The number of rotatable bonds is 5. The summed E-state index contributed by atoms with van der Waals surface area (Å²) in [5.74, 6) is 0.705. The molecule has 2 unspecified atom stereocenters. The molecule has 4 rings (SSSR count). The van der Waals surface area contributed by atoms with Gasteiger partial charge in [-0.05, 0) is 54.9 Å². The Bertz CT molecular complexity index is 892. The zero-order valence-corrected chi connectivity index (χ0v) is 16.8. The van der Waals surface area contributed by atoms with Gasteiger partial charge in [-0.2, -0.15) is 0 Å².